The highest BCUT2D eigenvalue weighted by molar-refractivity contribution is 9.09. The van der Waals surface area contributed by atoms with E-state index in [0.29, 0.717) is 66.7 Å². The third-order valence-electron chi connectivity index (χ3n) is 15.2. The molecule has 40 heteroatoms. The predicted molar refractivity (Wildman–Crippen MR) is 464 cm³/mol. The van der Waals surface area contributed by atoms with Crippen molar-refractivity contribution in [3.63, 3.8) is 0 Å². The van der Waals surface area contributed by atoms with Crippen LogP contribution >= 0.6 is 51.5 Å². The lowest BCUT2D eigenvalue weighted by Gasteiger charge is -2.19. The first-order chi connectivity index (χ1) is 56.1. The van der Waals surface area contributed by atoms with Crippen molar-refractivity contribution in [3.05, 3.63) is 212 Å². The molecule has 0 spiro atoms. The summed E-state index contributed by atoms with van der Waals surface area (Å²) in [6.45, 7) is 23.4. The summed E-state index contributed by atoms with van der Waals surface area (Å²) >= 11 is 14.4. The summed E-state index contributed by atoms with van der Waals surface area (Å²) in [5, 5.41) is 54.6. The third-order valence-corrected chi connectivity index (χ3v) is 16.4. The number of amides is 6. The van der Waals surface area contributed by atoms with Crippen LogP contribution < -0.4 is 60.9 Å². The van der Waals surface area contributed by atoms with E-state index in [4.69, 9.17) is 66.2 Å². The number of nitrogens with one attached hydrogen (secondary N) is 5. The fraction of sp³-hybridized carbons (Fsp3) is 0.415. The molecule has 0 bridgehead atoms. The molecule has 34 nitrogen and oxygen atoms in total. The van der Waals surface area contributed by atoms with Crippen molar-refractivity contribution in [1.29, 1.82) is 0 Å². The molecule has 0 fully saturated rings. The van der Waals surface area contributed by atoms with Crippen LogP contribution in [0, 0.1) is 42.0 Å². The minimum atomic E-state index is -1.00. The molecular formula is C82H105BrCl3F2N11O23. The molecule has 0 unspecified atom stereocenters. The van der Waals surface area contributed by atoms with Crippen molar-refractivity contribution in [2.45, 2.75) is 145 Å². The average molecular weight is 1840 g/mol. The number of pyridine rings is 1. The number of aromatic nitrogens is 1. The lowest BCUT2D eigenvalue weighted by atomic mass is 10.1. The van der Waals surface area contributed by atoms with Gasteiger partial charge in [0.25, 0.3) is 28.5 Å². The van der Waals surface area contributed by atoms with Gasteiger partial charge in [-0.05, 0) is 203 Å². The SMILES string of the molecule is C.CC(C)(C)OC(=O)CCCBr.CC(C)(C)OC(=O)NCCOc1ccc(Cl)c([N+](=O)[O-])c1.CN1C(=O)Cc2cc(OCCNC(=O)OC(C)(C)C)ccc21.CN1C(=O)Cc2cc(OCCNC(=O)c3cccn(Cc4ccc(F)c(F)c4)c3=O)ccc21.CNc1ccc(OCCNC(=O)OC(C)(C)C)cc1[N+](=O)[O-].Cl.O=[N+]([O-])c1cc(O)ccc1Cl. The van der Waals surface area contributed by atoms with Gasteiger partial charge >= 0.3 is 24.2 Å². The second-order valence-corrected chi connectivity index (χ2v) is 31.3. The Morgan fingerprint density at radius 3 is 1.32 bits per heavy atom. The van der Waals surface area contributed by atoms with Gasteiger partial charge in [0, 0.05) is 50.5 Å². The van der Waals surface area contributed by atoms with Crippen LogP contribution in [0.15, 0.2) is 132 Å². The fourth-order valence-electron chi connectivity index (χ4n) is 10.0. The zero-order chi connectivity index (χ0) is 90.0. The van der Waals surface area contributed by atoms with Crippen molar-refractivity contribution >= 4 is 128 Å². The molecule has 0 atom stereocenters. The fourth-order valence-corrected chi connectivity index (χ4v) is 10.7. The standard InChI is InChI=1S/C24H21F2N3O4.C16H22N2O4.C14H21N3O5.C13H17ClN2O5.C8H15BrO2.C6H4ClNO3.CH4.ClH/c1-28-21-7-5-17(12-16(21)13-22(28)30)33-10-8-27-23(31)18-3-2-9-29(24(18)32)14-15-4-6-19(25)20(26)11-15;1-16(2,3)22-15(20)17-7-8-21-12-5-6-13-11(9-12)10-14(19)18(13)4;1-14(2,3)22-13(18)16-7-8-21-10-5-6-11(15-4)12(9-10)17(19)20;1-13(2,3)21-12(17)15-6-7-20-9-4-5-10(14)11(8-9)16(18)19;1-8(2,3)11-7(10)5-4-6-9;7-5-2-1-4(9)3-6(5)8(10)11;;/h2-7,9,11-12H,8,10,13-14H2,1H3,(H,27,31);5-6,9H,7-8,10H2,1-4H3,(H,17,20);5-6,9,15H,7-8H2,1-4H3,(H,16,18);4-5,8H,6-7H2,1-3H3,(H,15,17);4-6H2,1-3H3;1-3,9H;1H4;1H. The lowest BCUT2D eigenvalue weighted by molar-refractivity contribution is -0.384. The highest BCUT2D eigenvalue weighted by Gasteiger charge is 2.27. The number of ether oxygens (including phenoxy) is 8. The Kier molecular flexibility index (Phi) is 43.9. The molecule has 0 radical (unpaired) electrons. The van der Waals surface area contributed by atoms with Crippen LogP contribution in [0.25, 0.3) is 0 Å². The number of benzene rings is 6. The van der Waals surface area contributed by atoms with Crippen LogP contribution in [-0.2, 0) is 52.7 Å². The molecule has 3 heterocycles. The number of likely N-dealkylation sites (N-methyl/N-ethyl adjacent to an activating group) is 2. The summed E-state index contributed by atoms with van der Waals surface area (Å²) in [5.74, 6) is -0.784. The van der Waals surface area contributed by atoms with E-state index in [0.717, 1.165) is 52.5 Å². The average Bonchev–Trinajstić information content (AvgIpc) is 1.45. The van der Waals surface area contributed by atoms with Crippen LogP contribution in [0.2, 0.25) is 10.0 Å². The minimum absolute atomic E-state index is 0. The maximum atomic E-state index is 13.4. The predicted octanol–water partition coefficient (Wildman–Crippen LogP) is 15.8. The number of anilines is 3. The molecule has 9 rings (SSSR count). The van der Waals surface area contributed by atoms with E-state index in [2.05, 4.69) is 42.5 Å². The molecule has 122 heavy (non-hydrogen) atoms. The van der Waals surface area contributed by atoms with Gasteiger partial charge in [0.05, 0.1) is 78.5 Å². The van der Waals surface area contributed by atoms with E-state index < -0.39 is 73.0 Å². The van der Waals surface area contributed by atoms with Crippen molar-refractivity contribution in [2.75, 3.05) is 94.2 Å². The third kappa shape index (κ3) is 39.1. The first-order valence-corrected chi connectivity index (χ1v) is 38.9. The number of esters is 1. The molecule has 2 aliphatic heterocycles. The van der Waals surface area contributed by atoms with Gasteiger partial charge in [-0.2, -0.15) is 0 Å². The zero-order valence-corrected chi connectivity index (χ0v) is 73.3. The Morgan fingerprint density at radius 1 is 0.525 bits per heavy atom. The largest absolute Gasteiger partial charge is 0.508 e. The van der Waals surface area contributed by atoms with Gasteiger partial charge in [-0.3, -0.25) is 54.3 Å². The minimum Gasteiger partial charge on any atom is -0.508 e. The zero-order valence-electron chi connectivity index (χ0n) is 69.4. The van der Waals surface area contributed by atoms with Gasteiger partial charge in [-0.1, -0.05) is 52.6 Å². The normalized spacial score (nSPS) is 11.6. The highest BCUT2D eigenvalue weighted by atomic mass is 79.9. The molecule has 0 aliphatic carbocycles. The Morgan fingerprint density at radius 2 is 0.918 bits per heavy atom. The van der Waals surface area contributed by atoms with Crippen LogP contribution in [0.3, 0.4) is 0 Å². The molecule has 668 valence electrons. The van der Waals surface area contributed by atoms with Crippen LogP contribution in [0.1, 0.15) is 130 Å². The first-order valence-electron chi connectivity index (χ1n) is 37.0. The van der Waals surface area contributed by atoms with Crippen LogP contribution in [-0.4, -0.2) is 168 Å². The smallest absolute Gasteiger partial charge is 0.407 e. The monoisotopic (exact) mass is 1830 g/mol. The van der Waals surface area contributed by atoms with E-state index in [-0.39, 0.29) is 128 Å². The molecule has 0 saturated heterocycles. The number of aromatic hydroxyl groups is 1. The number of carbonyl (C=O) groups is 7. The van der Waals surface area contributed by atoms with Gasteiger partial charge in [-0.25, -0.2) is 23.2 Å². The van der Waals surface area contributed by atoms with E-state index in [1.807, 2.05) is 65.8 Å². The second kappa shape index (κ2) is 50.4. The van der Waals surface area contributed by atoms with Crippen LogP contribution in [0.4, 0.5) is 57.3 Å². The summed E-state index contributed by atoms with van der Waals surface area (Å²) in [7, 11) is 5.09. The van der Waals surface area contributed by atoms with Gasteiger partial charge in [0.15, 0.2) is 11.6 Å². The maximum absolute atomic E-state index is 13.4. The van der Waals surface area contributed by atoms with E-state index in [9.17, 15) is 77.5 Å². The van der Waals surface area contributed by atoms with Crippen molar-refractivity contribution in [3.8, 4) is 28.7 Å². The molecule has 2 aliphatic rings. The number of phenols is 1. The summed E-state index contributed by atoms with van der Waals surface area (Å²) in [6.07, 6.45) is 2.00. The van der Waals surface area contributed by atoms with E-state index >= 15 is 0 Å². The van der Waals surface area contributed by atoms with Crippen LogP contribution in [0.5, 0.6) is 28.7 Å². The Labute approximate surface area is 729 Å². The Bertz CT molecular complexity index is 4790. The summed E-state index contributed by atoms with van der Waals surface area (Å²) in [4.78, 5) is 127. The molecule has 1 aromatic heterocycles. The number of halogens is 6. The molecule has 6 amide bonds. The molecule has 6 aromatic carbocycles. The Hall–Kier alpha value is -11.8. The number of hydrogen-bond donors (Lipinski definition) is 6. The molecular weight excluding hydrogens is 1730 g/mol. The molecule has 6 N–H and O–H groups in total. The summed E-state index contributed by atoms with van der Waals surface area (Å²) < 4.78 is 70.0. The number of rotatable bonds is 26. The van der Waals surface area contributed by atoms with E-state index in [1.54, 1.807) is 96.8 Å². The number of nitrogens with zero attached hydrogens (tertiary/aromatic N) is 6. The number of nitro benzene ring substituents is 3. The number of carbonyl (C=O) groups excluding carboxylic acids is 7. The summed E-state index contributed by atoms with van der Waals surface area (Å²) in [5.41, 5.74) is 1.23. The molecule has 7 aromatic rings. The van der Waals surface area contributed by atoms with Gasteiger partial charge in [0.2, 0.25) is 11.8 Å². The molecule has 0 saturated carbocycles. The first kappa shape index (κ1) is 106. The van der Waals surface area contributed by atoms with Crippen molar-refractivity contribution in [1.82, 2.24) is 25.8 Å². The van der Waals surface area contributed by atoms with Gasteiger partial charge < -0.3 is 84.0 Å². The number of alkyl halides is 1. The second-order valence-electron chi connectivity index (χ2n) is 29.7. The van der Waals surface area contributed by atoms with E-state index in [1.165, 1.54) is 65.4 Å². The van der Waals surface area contributed by atoms with Crippen molar-refractivity contribution < 1.29 is 100 Å². The quantitative estimate of drug-likeness (QED) is 0.00732. The maximum Gasteiger partial charge on any atom is 0.407 e. The number of hydrogen-bond acceptors (Lipinski definition) is 24. The number of fused-ring (bicyclic) bond motifs is 2. The Balaban J connectivity index is 0.000000513. The summed E-state index contributed by atoms with van der Waals surface area (Å²) in [6, 6.07) is 29.4. The number of alkyl carbamates (subject to hydrolysis) is 3. The highest BCUT2D eigenvalue weighted by Crippen LogP contribution is 2.34. The lowest BCUT2D eigenvalue weighted by Crippen LogP contribution is -2.34. The topological polar surface area (TPSA) is 432 Å². The van der Waals surface area contributed by atoms with Gasteiger partial charge in [-0.15, -0.1) is 12.4 Å². The van der Waals surface area contributed by atoms with Crippen molar-refractivity contribution in [2.24, 2.45) is 0 Å². The number of phenolic OH excluding ortho intramolecular Hbond substituents is 1. The van der Waals surface area contributed by atoms with Gasteiger partial charge in [0.1, 0.15) is 98.9 Å². The number of nitro groups is 3.